The molecule has 0 amide bonds. The first-order valence-corrected chi connectivity index (χ1v) is 8.05. The second-order valence-corrected chi connectivity index (χ2v) is 5.87. The molecule has 2 rings (SSSR count). The molecule has 0 heterocycles. The van der Waals surface area contributed by atoms with Gasteiger partial charge in [0.1, 0.15) is 0 Å². The summed E-state index contributed by atoms with van der Waals surface area (Å²) in [7, 11) is 0. The van der Waals surface area contributed by atoms with E-state index in [0.29, 0.717) is 6.04 Å². The Kier molecular flexibility index (Phi) is 6.01. The first-order chi connectivity index (χ1) is 10.2. The SMILES string of the molecule is CCCNC(CCc1ccc(C)c(C)c1)c1ccccc1. The third kappa shape index (κ3) is 4.71. The topological polar surface area (TPSA) is 12.0 Å². The maximum absolute atomic E-state index is 3.68. The molecule has 0 fully saturated rings. The van der Waals surface area contributed by atoms with E-state index in [-0.39, 0.29) is 0 Å². The molecule has 1 N–H and O–H groups in total. The van der Waals surface area contributed by atoms with Crippen LogP contribution in [0.5, 0.6) is 0 Å². The van der Waals surface area contributed by atoms with Crippen LogP contribution in [-0.2, 0) is 6.42 Å². The molecule has 0 saturated carbocycles. The lowest BCUT2D eigenvalue weighted by atomic mass is 9.97. The molecule has 0 spiro atoms. The van der Waals surface area contributed by atoms with E-state index in [1.54, 1.807) is 0 Å². The van der Waals surface area contributed by atoms with Gasteiger partial charge < -0.3 is 5.32 Å². The van der Waals surface area contributed by atoms with Crippen molar-refractivity contribution < 1.29 is 0 Å². The highest BCUT2D eigenvalue weighted by Gasteiger charge is 2.10. The van der Waals surface area contributed by atoms with Crippen molar-refractivity contribution in [3.8, 4) is 0 Å². The quantitative estimate of drug-likeness (QED) is 0.755. The Bertz CT molecular complexity index is 545. The van der Waals surface area contributed by atoms with Gasteiger partial charge in [-0.25, -0.2) is 0 Å². The maximum atomic E-state index is 3.68. The number of rotatable bonds is 7. The van der Waals surface area contributed by atoms with Crippen LogP contribution < -0.4 is 5.32 Å². The molecule has 2 aromatic rings. The zero-order chi connectivity index (χ0) is 15.1. The highest BCUT2D eigenvalue weighted by molar-refractivity contribution is 5.30. The molecule has 1 heteroatoms. The molecule has 0 aromatic heterocycles. The third-order valence-electron chi connectivity index (χ3n) is 4.14. The minimum atomic E-state index is 0.452. The van der Waals surface area contributed by atoms with Crippen molar-refractivity contribution in [2.75, 3.05) is 6.54 Å². The molecule has 21 heavy (non-hydrogen) atoms. The number of nitrogens with one attached hydrogen (secondary N) is 1. The molecule has 0 bridgehead atoms. The molecule has 2 aromatic carbocycles. The Balaban J connectivity index is 2.03. The van der Waals surface area contributed by atoms with Gasteiger partial charge in [-0.15, -0.1) is 0 Å². The Morgan fingerprint density at radius 2 is 1.71 bits per heavy atom. The summed E-state index contributed by atoms with van der Waals surface area (Å²) >= 11 is 0. The zero-order valence-electron chi connectivity index (χ0n) is 13.5. The molecule has 0 aliphatic rings. The van der Waals surface area contributed by atoms with Crippen LogP contribution in [0.25, 0.3) is 0 Å². The van der Waals surface area contributed by atoms with Crippen LogP contribution in [0.4, 0.5) is 0 Å². The van der Waals surface area contributed by atoms with Crippen molar-refractivity contribution in [2.24, 2.45) is 0 Å². The summed E-state index contributed by atoms with van der Waals surface area (Å²) in [4.78, 5) is 0. The van der Waals surface area contributed by atoms with Crippen molar-refractivity contribution in [3.63, 3.8) is 0 Å². The molecule has 112 valence electrons. The third-order valence-corrected chi connectivity index (χ3v) is 4.14. The monoisotopic (exact) mass is 281 g/mol. The van der Waals surface area contributed by atoms with E-state index in [4.69, 9.17) is 0 Å². The van der Waals surface area contributed by atoms with Gasteiger partial charge in [-0.3, -0.25) is 0 Å². The van der Waals surface area contributed by atoms with Crippen LogP contribution in [0.3, 0.4) is 0 Å². The summed E-state index contributed by atoms with van der Waals surface area (Å²) in [5.41, 5.74) is 5.61. The Morgan fingerprint density at radius 3 is 2.38 bits per heavy atom. The highest BCUT2D eigenvalue weighted by Crippen LogP contribution is 2.20. The fraction of sp³-hybridized carbons (Fsp3) is 0.400. The predicted octanol–water partition coefficient (Wildman–Crippen LogP) is 4.98. The summed E-state index contributed by atoms with van der Waals surface area (Å²) in [6.07, 6.45) is 3.44. The lowest BCUT2D eigenvalue weighted by Gasteiger charge is -2.19. The van der Waals surface area contributed by atoms with Crippen LogP contribution in [0.2, 0.25) is 0 Å². The summed E-state index contributed by atoms with van der Waals surface area (Å²) in [6, 6.07) is 18.1. The number of hydrogen-bond donors (Lipinski definition) is 1. The number of benzene rings is 2. The van der Waals surface area contributed by atoms with Crippen molar-refractivity contribution in [2.45, 2.75) is 46.1 Å². The zero-order valence-corrected chi connectivity index (χ0v) is 13.5. The van der Waals surface area contributed by atoms with Gasteiger partial charge in [0.05, 0.1) is 0 Å². The van der Waals surface area contributed by atoms with Gasteiger partial charge in [0.15, 0.2) is 0 Å². The van der Waals surface area contributed by atoms with Gasteiger partial charge in [-0.2, -0.15) is 0 Å². The second-order valence-electron chi connectivity index (χ2n) is 5.87. The average molecular weight is 281 g/mol. The number of hydrogen-bond acceptors (Lipinski definition) is 1. The van der Waals surface area contributed by atoms with Crippen molar-refractivity contribution in [1.29, 1.82) is 0 Å². The molecule has 0 saturated heterocycles. The maximum Gasteiger partial charge on any atom is 0.0323 e. The van der Waals surface area contributed by atoms with Crippen LogP contribution in [0, 0.1) is 13.8 Å². The minimum Gasteiger partial charge on any atom is -0.310 e. The molecule has 0 aliphatic heterocycles. The minimum absolute atomic E-state index is 0.452. The van der Waals surface area contributed by atoms with Gasteiger partial charge in [0.25, 0.3) is 0 Å². The van der Waals surface area contributed by atoms with Crippen LogP contribution in [0.15, 0.2) is 48.5 Å². The first kappa shape index (κ1) is 15.8. The van der Waals surface area contributed by atoms with Gasteiger partial charge in [-0.05, 0) is 61.9 Å². The second kappa shape index (κ2) is 7.99. The predicted molar refractivity (Wildman–Crippen MR) is 91.7 cm³/mol. The van der Waals surface area contributed by atoms with Crippen LogP contribution >= 0.6 is 0 Å². The highest BCUT2D eigenvalue weighted by atomic mass is 14.9. The van der Waals surface area contributed by atoms with E-state index in [2.05, 4.69) is 74.6 Å². The Hall–Kier alpha value is -1.60. The van der Waals surface area contributed by atoms with Crippen LogP contribution in [0.1, 0.15) is 48.1 Å². The molecular weight excluding hydrogens is 254 g/mol. The Labute approximate surface area is 129 Å². The van der Waals surface area contributed by atoms with E-state index in [1.807, 2.05) is 0 Å². The van der Waals surface area contributed by atoms with Gasteiger partial charge in [-0.1, -0.05) is 55.5 Å². The van der Waals surface area contributed by atoms with E-state index in [9.17, 15) is 0 Å². The van der Waals surface area contributed by atoms with Crippen molar-refractivity contribution in [3.05, 3.63) is 70.8 Å². The van der Waals surface area contributed by atoms with E-state index in [0.717, 1.165) is 19.4 Å². The standard InChI is InChI=1S/C20H27N/c1-4-14-21-20(19-8-6-5-7-9-19)13-12-18-11-10-16(2)17(3)15-18/h5-11,15,20-21H,4,12-14H2,1-3H3. The molecule has 1 unspecified atom stereocenters. The average Bonchev–Trinajstić information content (AvgIpc) is 2.51. The lowest BCUT2D eigenvalue weighted by Crippen LogP contribution is -2.22. The fourth-order valence-corrected chi connectivity index (χ4v) is 2.66. The Morgan fingerprint density at radius 1 is 0.952 bits per heavy atom. The van der Waals surface area contributed by atoms with Gasteiger partial charge >= 0.3 is 0 Å². The summed E-state index contributed by atoms with van der Waals surface area (Å²) in [6.45, 7) is 7.67. The smallest absolute Gasteiger partial charge is 0.0323 e. The molecular formula is C20H27N. The summed E-state index contributed by atoms with van der Waals surface area (Å²) < 4.78 is 0. The number of aryl methyl sites for hydroxylation is 3. The summed E-state index contributed by atoms with van der Waals surface area (Å²) in [5.74, 6) is 0. The molecule has 1 atom stereocenters. The lowest BCUT2D eigenvalue weighted by molar-refractivity contribution is 0.499. The van der Waals surface area contributed by atoms with Crippen molar-refractivity contribution >= 4 is 0 Å². The normalized spacial score (nSPS) is 12.3. The molecule has 1 nitrogen and oxygen atoms in total. The summed E-state index contributed by atoms with van der Waals surface area (Å²) in [5, 5.41) is 3.68. The first-order valence-electron chi connectivity index (χ1n) is 8.05. The van der Waals surface area contributed by atoms with Gasteiger partial charge in [0, 0.05) is 6.04 Å². The molecule has 0 radical (unpaired) electrons. The van der Waals surface area contributed by atoms with E-state index >= 15 is 0 Å². The van der Waals surface area contributed by atoms with Crippen LogP contribution in [-0.4, -0.2) is 6.54 Å². The largest absolute Gasteiger partial charge is 0.310 e. The van der Waals surface area contributed by atoms with Gasteiger partial charge in [0.2, 0.25) is 0 Å². The fourth-order valence-electron chi connectivity index (χ4n) is 2.66. The van der Waals surface area contributed by atoms with E-state index < -0.39 is 0 Å². The molecule has 0 aliphatic carbocycles. The van der Waals surface area contributed by atoms with E-state index in [1.165, 1.54) is 28.7 Å². The van der Waals surface area contributed by atoms with Crippen molar-refractivity contribution in [1.82, 2.24) is 5.32 Å².